The van der Waals surface area contributed by atoms with Crippen molar-refractivity contribution >= 4 is 16.4 Å². The second-order valence-electron chi connectivity index (χ2n) is 7.42. The molecule has 1 amide bonds. The summed E-state index contributed by atoms with van der Waals surface area (Å²) in [7, 11) is -1.42. The fourth-order valence-corrected chi connectivity index (χ4v) is 4.68. The molecule has 3 rings (SSSR count). The maximum absolute atomic E-state index is 11.2. The van der Waals surface area contributed by atoms with E-state index in [0.29, 0.717) is 19.7 Å². The van der Waals surface area contributed by atoms with E-state index in [1.165, 1.54) is 16.1 Å². The Kier molecular flexibility index (Phi) is 10.00. The van der Waals surface area contributed by atoms with Gasteiger partial charge in [-0.25, -0.2) is 8.42 Å². The maximum Gasteiger partial charge on any atom is 0.211 e. The van der Waals surface area contributed by atoms with Crippen molar-refractivity contribution in [1.82, 2.24) is 9.21 Å². The van der Waals surface area contributed by atoms with Crippen molar-refractivity contribution in [3.63, 3.8) is 0 Å². The Morgan fingerprint density at radius 3 is 2.20 bits per heavy atom. The Labute approximate surface area is 180 Å². The molecular weight excluding hydrogens is 400 g/mol. The number of hydrogen-bond acceptors (Lipinski definition) is 4. The molecule has 1 aliphatic rings. The normalized spacial score (nSPS) is 16.5. The zero-order valence-corrected chi connectivity index (χ0v) is 18.6. The summed E-state index contributed by atoms with van der Waals surface area (Å²) in [5.74, 6) is 0. The molecular formula is C23H32N2O4S. The number of nitrogens with zero attached hydrogens (tertiary/aromatic N) is 2. The predicted molar refractivity (Wildman–Crippen MR) is 120 cm³/mol. The van der Waals surface area contributed by atoms with Crippen molar-refractivity contribution in [3.8, 4) is 0 Å². The molecule has 1 atom stereocenters. The summed E-state index contributed by atoms with van der Waals surface area (Å²) in [5, 5.41) is 0. The van der Waals surface area contributed by atoms with E-state index in [-0.39, 0.29) is 6.04 Å². The van der Waals surface area contributed by atoms with Gasteiger partial charge in [0.15, 0.2) is 0 Å². The van der Waals surface area contributed by atoms with E-state index in [0.717, 1.165) is 37.8 Å². The molecule has 30 heavy (non-hydrogen) atoms. The largest absolute Gasteiger partial charge is 0.383 e. The zero-order chi connectivity index (χ0) is 21.8. The molecule has 6 nitrogen and oxygen atoms in total. The van der Waals surface area contributed by atoms with Gasteiger partial charge in [-0.1, -0.05) is 60.7 Å². The molecule has 1 unspecified atom stereocenters. The van der Waals surface area contributed by atoms with E-state index in [2.05, 4.69) is 12.1 Å². The smallest absolute Gasteiger partial charge is 0.211 e. The molecule has 2 aromatic rings. The van der Waals surface area contributed by atoms with Gasteiger partial charge in [0.1, 0.15) is 0 Å². The van der Waals surface area contributed by atoms with Crippen molar-refractivity contribution in [2.75, 3.05) is 33.1 Å². The molecule has 0 aliphatic carbocycles. The van der Waals surface area contributed by atoms with Gasteiger partial charge < -0.3 is 9.64 Å². The summed E-state index contributed by atoms with van der Waals surface area (Å²) in [6, 6.07) is 20.4. The Bertz CT molecular complexity index is 844. The predicted octanol–water partition coefficient (Wildman–Crippen LogP) is 2.94. The van der Waals surface area contributed by atoms with Crippen LogP contribution in [0.4, 0.5) is 0 Å². The van der Waals surface area contributed by atoms with E-state index >= 15 is 0 Å². The third-order valence-electron chi connectivity index (χ3n) is 5.02. The highest BCUT2D eigenvalue weighted by Crippen LogP contribution is 2.20. The minimum atomic E-state index is -3.02. The Morgan fingerprint density at radius 2 is 1.67 bits per heavy atom. The first-order chi connectivity index (χ1) is 14.4. The van der Waals surface area contributed by atoms with Crippen LogP contribution in [0.3, 0.4) is 0 Å². The maximum atomic E-state index is 11.2. The van der Waals surface area contributed by atoms with E-state index in [9.17, 15) is 13.2 Å². The molecule has 0 N–H and O–H groups in total. The molecule has 164 valence electrons. The summed E-state index contributed by atoms with van der Waals surface area (Å²) in [5.41, 5.74) is 2.43. The highest BCUT2D eigenvalue weighted by Gasteiger charge is 2.30. The molecule has 1 aliphatic heterocycles. The first kappa shape index (κ1) is 24.1. The van der Waals surface area contributed by atoms with Gasteiger partial charge in [0.2, 0.25) is 16.4 Å². The lowest BCUT2D eigenvalue weighted by Crippen LogP contribution is -2.37. The standard InChI is InChI=1S/C16H17NO.C7H15NO3S/c18-14-17(13-16-9-5-2-6-10-16)12-11-15-7-3-1-4-8-15;1-11-6-7-4-3-5-8(7)12(2,9)10/h1-10,14H,11-13H2;7H,3-6H2,1-2H3. The number of methoxy groups -OCH3 is 1. The Hall–Kier alpha value is -2.22. The van der Waals surface area contributed by atoms with Gasteiger partial charge in [0.05, 0.1) is 12.9 Å². The first-order valence-electron chi connectivity index (χ1n) is 10.2. The first-order valence-corrected chi connectivity index (χ1v) is 12.0. The van der Waals surface area contributed by atoms with Crippen LogP contribution in [0.2, 0.25) is 0 Å². The highest BCUT2D eigenvalue weighted by atomic mass is 32.2. The summed E-state index contributed by atoms with van der Waals surface area (Å²) < 4.78 is 28.8. The fraction of sp³-hybridized carbons (Fsp3) is 0.435. The van der Waals surface area contributed by atoms with Crippen molar-refractivity contribution in [3.05, 3.63) is 71.8 Å². The lowest BCUT2D eigenvalue weighted by atomic mass is 10.1. The Morgan fingerprint density at radius 1 is 1.07 bits per heavy atom. The average Bonchev–Trinajstić information content (AvgIpc) is 3.22. The molecule has 7 heteroatoms. The lowest BCUT2D eigenvalue weighted by Gasteiger charge is -2.20. The van der Waals surface area contributed by atoms with Crippen LogP contribution in [0.5, 0.6) is 0 Å². The minimum Gasteiger partial charge on any atom is -0.383 e. The number of rotatable bonds is 9. The third-order valence-corrected chi connectivity index (χ3v) is 6.35. The fourth-order valence-electron chi connectivity index (χ4n) is 3.51. The van der Waals surface area contributed by atoms with Gasteiger partial charge in [-0.15, -0.1) is 0 Å². The van der Waals surface area contributed by atoms with E-state index < -0.39 is 10.0 Å². The second-order valence-corrected chi connectivity index (χ2v) is 9.36. The topological polar surface area (TPSA) is 66.9 Å². The van der Waals surface area contributed by atoms with Crippen LogP contribution < -0.4 is 0 Å². The molecule has 0 saturated carbocycles. The number of benzene rings is 2. The third kappa shape index (κ3) is 8.26. The van der Waals surface area contributed by atoms with Gasteiger partial charge in [-0.05, 0) is 30.4 Å². The monoisotopic (exact) mass is 432 g/mol. The van der Waals surface area contributed by atoms with Crippen molar-refractivity contribution in [2.45, 2.75) is 31.8 Å². The number of sulfonamides is 1. The van der Waals surface area contributed by atoms with Crippen molar-refractivity contribution in [2.24, 2.45) is 0 Å². The van der Waals surface area contributed by atoms with Crippen LogP contribution in [0, 0.1) is 0 Å². The van der Waals surface area contributed by atoms with E-state index in [1.54, 1.807) is 7.11 Å². The molecule has 0 aromatic heterocycles. The summed E-state index contributed by atoms with van der Waals surface area (Å²) in [4.78, 5) is 12.9. The lowest BCUT2D eigenvalue weighted by molar-refractivity contribution is -0.118. The molecule has 1 fully saturated rings. The van der Waals surface area contributed by atoms with Gasteiger partial charge in [-0.2, -0.15) is 4.31 Å². The summed E-state index contributed by atoms with van der Waals surface area (Å²) in [6.07, 6.45) is 4.94. The van der Waals surface area contributed by atoms with Crippen LogP contribution in [-0.4, -0.2) is 63.1 Å². The van der Waals surface area contributed by atoms with E-state index in [1.807, 2.05) is 53.4 Å². The molecule has 0 bridgehead atoms. The van der Waals surface area contributed by atoms with Crippen molar-refractivity contribution in [1.29, 1.82) is 0 Å². The second kappa shape index (κ2) is 12.5. The van der Waals surface area contributed by atoms with Crippen LogP contribution in [0.25, 0.3) is 0 Å². The quantitative estimate of drug-likeness (QED) is 0.572. The highest BCUT2D eigenvalue weighted by molar-refractivity contribution is 7.88. The van der Waals surface area contributed by atoms with Gasteiger partial charge in [0, 0.05) is 32.8 Å². The van der Waals surface area contributed by atoms with Gasteiger partial charge in [0.25, 0.3) is 0 Å². The average molecular weight is 433 g/mol. The molecule has 1 heterocycles. The van der Waals surface area contributed by atoms with Crippen LogP contribution in [0.15, 0.2) is 60.7 Å². The van der Waals surface area contributed by atoms with E-state index in [4.69, 9.17) is 4.74 Å². The minimum absolute atomic E-state index is 0.0602. The number of carbonyl (C=O) groups is 1. The number of ether oxygens (including phenoxy) is 1. The number of carbonyl (C=O) groups excluding carboxylic acids is 1. The van der Waals surface area contributed by atoms with Crippen LogP contribution in [-0.2, 0) is 32.5 Å². The Balaban J connectivity index is 0.000000232. The number of amides is 1. The molecule has 1 saturated heterocycles. The summed E-state index contributed by atoms with van der Waals surface area (Å²) >= 11 is 0. The SMILES string of the molecule is COCC1CCCN1S(C)(=O)=O.O=CN(CCc1ccccc1)Cc1ccccc1. The molecule has 0 radical (unpaired) electrons. The number of hydrogen-bond donors (Lipinski definition) is 0. The van der Waals surface area contributed by atoms with Crippen molar-refractivity contribution < 1.29 is 17.9 Å². The van der Waals surface area contributed by atoms with Crippen LogP contribution in [0.1, 0.15) is 24.0 Å². The van der Waals surface area contributed by atoms with Gasteiger partial charge in [-0.3, -0.25) is 4.79 Å². The molecule has 0 spiro atoms. The summed E-state index contributed by atoms with van der Waals surface area (Å²) in [6.45, 7) is 2.58. The zero-order valence-electron chi connectivity index (χ0n) is 17.8. The van der Waals surface area contributed by atoms with Crippen LogP contribution >= 0.6 is 0 Å². The molecule has 2 aromatic carbocycles. The van der Waals surface area contributed by atoms with Gasteiger partial charge >= 0.3 is 0 Å².